The first kappa shape index (κ1) is 16.4. The van der Waals surface area contributed by atoms with Crippen LogP contribution in [0.5, 0.6) is 0 Å². The summed E-state index contributed by atoms with van der Waals surface area (Å²) in [5.74, 6) is 0. The van der Waals surface area contributed by atoms with Crippen LogP contribution >= 0.6 is 22.9 Å². The molecule has 0 aliphatic heterocycles. The van der Waals surface area contributed by atoms with Gasteiger partial charge in [0.05, 0.1) is 10.5 Å². The number of hydrogen-bond donors (Lipinski definition) is 3. The Morgan fingerprint density at radius 1 is 1.38 bits per heavy atom. The summed E-state index contributed by atoms with van der Waals surface area (Å²) in [7, 11) is -3.63. The van der Waals surface area contributed by atoms with E-state index >= 15 is 0 Å². The number of aromatic amines is 1. The molecule has 0 bridgehead atoms. The maximum atomic E-state index is 12.3. The lowest BCUT2D eigenvalue weighted by Gasteiger charge is -2.09. The van der Waals surface area contributed by atoms with Gasteiger partial charge in [-0.05, 0) is 12.1 Å². The SMILES string of the molecule is CC(C)NCc1cn[nH]c1S(=O)(=O)NCc1ccc(Cl)s1. The molecule has 0 saturated carbocycles. The summed E-state index contributed by atoms with van der Waals surface area (Å²) >= 11 is 7.17. The first-order valence-electron chi connectivity index (χ1n) is 6.38. The van der Waals surface area contributed by atoms with Gasteiger partial charge in [-0.2, -0.15) is 5.10 Å². The number of nitrogens with one attached hydrogen (secondary N) is 3. The quantitative estimate of drug-likeness (QED) is 0.715. The van der Waals surface area contributed by atoms with E-state index in [1.54, 1.807) is 12.1 Å². The summed E-state index contributed by atoms with van der Waals surface area (Å²) in [6, 6.07) is 3.80. The van der Waals surface area contributed by atoms with Crippen LogP contribution in [-0.2, 0) is 23.1 Å². The third-order valence-electron chi connectivity index (χ3n) is 2.71. The predicted molar refractivity (Wildman–Crippen MR) is 83.9 cm³/mol. The molecule has 2 aromatic heterocycles. The van der Waals surface area contributed by atoms with E-state index in [0.29, 0.717) is 16.4 Å². The minimum Gasteiger partial charge on any atom is -0.310 e. The average Bonchev–Trinajstić information content (AvgIpc) is 3.03. The lowest BCUT2D eigenvalue weighted by Crippen LogP contribution is -2.26. The van der Waals surface area contributed by atoms with Gasteiger partial charge in [0, 0.05) is 29.6 Å². The third kappa shape index (κ3) is 4.52. The Bertz CT molecular complexity index is 694. The molecule has 2 aromatic rings. The van der Waals surface area contributed by atoms with Crippen molar-refractivity contribution in [3.05, 3.63) is 33.1 Å². The minimum absolute atomic E-state index is 0.0957. The summed E-state index contributed by atoms with van der Waals surface area (Å²) < 4.78 is 27.8. The van der Waals surface area contributed by atoms with E-state index in [0.717, 1.165) is 4.88 Å². The molecule has 0 saturated heterocycles. The van der Waals surface area contributed by atoms with E-state index in [1.807, 2.05) is 13.8 Å². The number of hydrogen-bond acceptors (Lipinski definition) is 5. The van der Waals surface area contributed by atoms with Crippen molar-refractivity contribution in [2.75, 3.05) is 0 Å². The van der Waals surface area contributed by atoms with Gasteiger partial charge in [-0.3, -0.25) is 5.10 Å². The second kappa shape index (κ2) is 6.89. The fourth-order valence-corrected chi connectivity index (χ4v) is 3.91. The maximum absolute atomic E-state index is 12.3. The van der Waals surface area contributed by atoms with E-state index < -0.39 is 10.0 Å². The van der Waals surface area contributed by atoms with Gasteiger partial charge in [0.2, 0.25) is 0 Å². The van der Waals surface area contributed by atoms with Gasteiger partial charge in [0.1, 0.15) is 0 Å². The summed E-state index contributed by atoms with van der Waals surface area (Å²) in [6.07, 6.45) is 1.52. The first-order chi connectivity index (χ1) is 9.88. The van der Waals surface area contributed by atoms with Crippen LogP contribution in [0.15, 0.2) is 23.4 Å². The molecule has 0 radical (unpaired) electrons. The van der Waals surface area contributed by atoms with Crippen LogP contribution in [-0.4, -0.2) is 24.7 Å². The van der Waals surface area contributed by atoms with Crippen molar-refractivity contribution in [1.82, 2.24) is 20.2 Å². The zero-order valence-corrected chi connectivity index (χ0v) is 14.1. The molecule has 0 spiro atoms. The van der Waals surface area contributed by atoms with E-state index in [9.17, 15) is 8.42 Å². The molecule has 0 fully saturated rings. The van der Waals surface area contributed by atoms with Gasteiger partial charge in [0.15, 0.2) is 5.03 Å². The van der Waals surface area contributed by atoms with Crippen LogP contribution in [0.2, 0.25) is 4.34 Å². The Labute approximate surface area is 133 Å². The fourth-order valence-electron chi connectivity index (χ4n) is 1.66. The number of nitrogens with zero attached hydrogens (tertiary/aromatic N) is 1. The minimum atomic E-state index is -3.63. The molecule has 0 aliphatic rings. The van der Waals surface area contributed by atoms with Crippen LogP contribution < -0.4 is 10.0 Å². The molecule has 116 valence electrons. The van der Waals surface area contributed by atoms with Crippen LogP contribution in [0, 0.1) is 0 Å². The highest BCUT2D eigenvalue weighted by atomic mass is 35.5. The molecule has 0 atom stereocenters. The normalized spacial score (nSPS) is 12.2. The lowest BCUT2D eigenvalue weighted by atomic mass is 10.3. The zero-order valence-electron chi connectivity index (χ0n) is 11.7. The van der Waals surface area contributed by atoms with Crippen molar-refractivity contribution < 1.29 is 8.42 Å². The molecule has 3 N–H and O–H groups in total. The molecule has 0 unspecified atom stereocenters. The number of sulfonamides is 1. The highest BCUT2D eigenvalue weighted by Crippen LogP contribution is 2.21. The molecule has 21 heavy (non-hydrogen) atoms. The Morgan fingerprint density at radius 2 is 2.14 bits per heavy atom. The van der Waals surface area contributed by atoms with Gasteiger partial charge in [-0.1, -0.05) is 25.4 Å². The Kier molecular flexibility index (Phi) is 5.39. The second-order valence-corrected chi connectivity index (χ2v) is 8.29. The van der Waals surface area contributed by atoms with Crippen LogP contribution in [0.3, 0.4) is 0 Å². The summed E-state index contributed by atoms with van der Waals surface area (Å²) in [4.78, 5) is 0.852. The summed E-state index contributed by atoms with van der Waals surface area (Å²) in [5, 5.41) is 9.64. The Hall–Kier alpha value is -0.930. The molecule has 2 rings (SSSR count). The lowest BCUT2D eigenvalue weighted by molar-refractivity contribution is 0.564. The van der Waals surface area contributed by atoms with Crippen molar-refractivity contribution >= 4 is 33.0 Å². The van der Waals surface area contributed by atoms with Crippen molar-refractivity contribution in [2.24, 2.45) is 0 Å². The zero-order chi connectivity index (χ0) is 15.5. The molecule has 0 amide bonds. The summed E-state index contributed by atoms with van der Waals surface area (Å²) in [6.45, 7) is 4.63. The van der Waals surface area contributed by atoms with Gasteiger partial charge >= 0.3 is 0 Å². The van der Waals surface area contributed by atoms with E-state index in [2.05, 4.69) is 20.2 Å². The van der Waals surface area contributed by atoms with E-state index in [-0.39, 0.29) is 17.6 Å². The number of thiophene rings is 1. The molecule has 9 heteroatoms. The Morgan fingerprint density at radius 3 is 2.76 bits per heavy atom. The van der Waals surface area contributed by atoms with Gasteiger partial charge in [0.25, 0.3) is 10.0 Å². The number of rotatable bonds is 7. The third-order valence-corrected chi connectivity index (χ3v) is 5.36. The van der Waals surface area contributed by atoms with Gasteiger partial charge < -0.3 is 5.32 Å². The maximum Gasteiger partial charge on any atom is 0.258 e. The fraction of sp³-hybridized carbons (Fsp3) is 0.417. The molecule has 0 aromatic carbocycles. The van der Waals surface area contributed by atoms with E-state index in [1.165, 1.54) is 17.5 Å². The van der Waals surface area contributed by atoms with E-state index in [4.69, 9.17) is 11.6 Å². The number of halogens is 1. The number of H-pyrrole nitrogens is 1. The largest absolute Gasteiger partial charge is 0.310 e. The van der Waals surface area contributed by atoms with Gasteiger partial charge in [-0.15, -0.1) is 11.3 Å². The molecular weight excluding hydrogens is 332 g/mol. The molecule has 0 aliphatic carbocycles. The van der Waals surface area contributed by atoms with Crippen LogP contribution in [0.25, 0.3) is 0 Å². The number of aromatic nitrogens is 2. The Balaban J connectivity index is 2.07. The monoisotopic (exact) mass is 348 g/mol. The standard InChI is InChI=1S/C12H17ClN4O2S2/c1-8(2)14-5-9-6-15-17-12(9)21(18,19)16-7-10-3-4-11(13)20-10/h3-4,6,8,14,16H,5,7H2,1-2H3,(H,15,17). The summed E-state index contributed by atoms with van der Waals surface area (Å²) in [5.41, 5.74) is 0.611. The molecule has 6 nitrogen and oxygen atoms in total. The topological polar surface area (TPSA) is 86.9 Å². The van der Waals surface area contributed by atoms with Crippen molar-refractivity contribution in [1.29, 1.82) is 0 Å². The van der Waals surface area contributed by atoms with Crippen LogP contribution in [0.1, 0.15) is 24.3 Å². The molecular formula is C12H17ClN4O2S2. The second-order valence-electron chi connectivity index (χ2n) is 4.79. The highest BCUT2D eigenvalue weighted by Gasteiger charge is 2.20. The predicted octanol–water partition coefficient (Wildman–Crippen LogP) is 2.10. The van der Waals surface area contributed by atoms with Gasteiger partial charge in [-0.25, -0.2) is 13.1 Å². The first-order valence-corrected chi connectivity index (χ1v) is 9.06. The average molecular weight is 349 g/mol. The smallest absolute Gasteiger partial charge is 0.258 e. The highest BCUT2D eigenvalue weighted by molar-refractivity contribution is 7.89. The van der Waals surface area contributed by atoms with Crippen LogP contribution in [0.4, 0.5) is 0 Å². The van der Waals surface area contributed by atoms with Crippen molar-refractivity contribution in [3.63, 3.8) is 0 Å². The molecule has 2 heterocycles. The van der Waals surface area contributed by atoms with Crippen molar-refractivity contribution in [2.45, 2.75) is 38.0 Å². The van der Waals surface area contributed by atoms with Crippen molar-refractivity contribution in [3.8, 4) is 0 Å².